The number of esters is 1. The number of benzene rings is 2. The van der Waals surface area contributed by atoms with E-state index in [-0.39, 0.29) is 12.5 Å². The molecule has 28 heavy (non-hydrogen) atoms. The van der Waals surface area contributed by atoms with Crippen LogP contribution in [-0.2, 0) is 11.3 Å². The van der Waals surface area contributed by atoms with Gasteiger partial charge in [0.1, 0.15) is 0 Å². The van der Waals surface area contributed by atoms with Crippen LogP contribution in [-0.4, -0.2) is 28.5 Å². The molecular formula is C20H13N3O3S2. The molecule has 1 amide bonds. The van der Waals surface area contributed by atoms with E-state index in [1.54, 1.807) is 46.5 Å². The summed E-state index contributed by atoms with van der Waals surface area (Å²) in [4.78, 5) is 33.5. The van der Waals surface area contributed by atoms with E-state index in [2.05, 4.69) is 15.9 Å². The molecule has 2 aromatic carbocycles. The molecule has 0 bridgehead atoms. The fraction of sp³-hybridized carbons (Fsp3) is 0.100. The number of hydrogen-bond donors (Lipinski definition) is 0. The minimum Gasteiger partial charge on any atom is -0.465 e. The van der Waals surface area contributed by atoms with Crippen LogP contribution in [0.15, 0.2) is 46.9 Å². The molecule has 4 aromatic rings. The molecule has 2 aromatic heterocycles. The van der Waals surface area contributed by atoms with Gasteiger partial charge in [-0.2, -0.15) is 4.99 Å². The minimum atomic E-state index is -0.425. The van der Waals surface area contributed by atoms with E-state index in [4.69, 9.17) is 11.2 Å². The molecule has 0 fully saturated rings. The van der Waals surface area contributed by atoms with Gasteiger partial charge in [-0.25, -0.2) is 9.78 Å². The number of carbonyl (C=O) groups excluding carboxylic acids is 2. The van der Waals surface area contributed by atoms with E-state index in [1.165, 1.54) is 29.8 Å². The number of ether oxygens (including phenoxy) is 1. The van der Waals surface area contributed by atoms with Gasteiger partial charge in [-0.05, 0) is 36.4 Å². The predicted molar refractivity (Wildman–Crippen MR) is 110 cm³/mol. The Balaban J connectivity index is 1.83. The molecule has 4 rings (SSSR count). The molecular weight excluding hydrogens is 394 g/mol. The zero-order valence-electron chi connectivity index (χ0n) is 14.7. The highest BCUT2D eigenvalue weighted by Gasteiger charge is 2.13. The van der Waals surface area contributed by atoms with Crippen LogP contribution in [0.4, 0.5) is 0 Å². The lowest BCUT2D eigenvalue weighted by Gasteiger charge is -2.01. The van der Waals surface area contributed by atoms with Crippen LogP contribution in [0.2, 0.25) is 0 Å². The van der Waals surface area contributed by atoms with Crippen LogP contribution in [0.25, 0.3) is 20.4 Å². The Kier molecular flexibility index (Phi) is 4.77. The first-order valence-electron chi connectivity index (χ1n) is 8.18. The Labute approximate surface area is 167 Å². The second-order valence-corrected chi connectivity index (χ2v) is 7.70. The van der Waals surface area contributed by atoms with Gasteiger partial charge in [-0.3, -0.25) is 4.79 Å². The topological polar surface area (TPSA) is 73.5 Å². The average molecular weight is 407 g/mol. The second kappa shape index (κ2) is 7.38. The molecule has 0 unspecified atom stereocenters. The van der Waals surface area contributed by atoms with Gasteiger partial charge in [0.15, 0.2) is 4.80 Å². The van der Waals surface area contributed by atoms with Crippen LogP contribution in [0, 0.1) is 12.3 Å². The molecule has 0 saturated carbocycles. The lowest BCUT2D eigenvalue weighted by Crippen LogP contribution is -2.16. The van der Waals surface area contributed by atoms with Gasteiger partial charge in [0.2, 0.25) is 0 Å². The van der Waals surface area contributed by atoms with E-state index in [0.717, 1.165) is 20.4 Å². The fourth-order valence-electron chi connectivity index (χ4n) is 2.79. The zero-order chi connectivity index (χ0) is 19.7. The maximum absolute atomic E-state index is 12.7. The molecule has 0 radical (unpaired) electrons. The molecule has 0 saturated heterocycles. The van der Waals surface area contributed by atoms with Gasteiger partial charge in [0, 0.05) is 5.56 Å². The van der Waals surface area contributed by atoms with E-state index in [1.807, 2.05) is 0 Å². The third kappa shape index (κ3) is 3.22. The number of nitrogens with zero attached hydrogens (tertiary/aromatic N) is 3. The van der Waals surface area contributed by atoms with Gasteiger partial charge < -0.3 is 9.30 Å². The number of aromatic nitrogens is 2. The third-order valence-electron chi connectivity index (χ3n) is 4.13. The molecule has 0 atom stereocenters. The average Bonchev–Trinajstić information content (AvgIpc) is 3.31. The summed E-state index contributed by atoms with van der Waals surface area (Å²) in [6.45, 7) is 0.261. The Morgan fingerprint density at radius 1 is 1.21 bits per heavy atom. The van der Waals surface area contributed by atoms with Crippen molar-refractivity contribution >= 4 is 55.0 Å². The summed E-state index contributed by atoms with van der Waals surface area (Å²) in [5.74, 6) is 1.80. The highest BCUT2D eigenvalue weighted by atomic mass is 32.1. The van der Waals surface area contributed by atoms with E-state index < -0.39 is 5.97 Å². The van der Waals surface area contributed by atoms with Gasteiger partial charge in [-0.15, -0.1) is 17.8 Å². The lowest BCUT2D eigenvalue weighted by molar-refractivity contribution is 0.0601. The molecule has 0 aliphatic rings. The molecule has 0 aliphatic carbocycles. The number of amides is 1. The van der Waals surface area contributed by atoms with Crippen molar-refractivity contribution in [2.45, 2.75) is 6.54 Å². The van der Waals surface area contributed by atoms with Crippen molar-refractivity contribution in [1.82, 2.24) is 9.55 Å². The first-order chi connectivity index (χ1) is 13.6. The van der Waals surface area contributed by atoms with Crippen LogP contribution in [0.3, 0.4) is 0 Å². The van der Waals surface area contributed by atoms with E-state index >= 15 is 0 Å². The highest BCUT2D eigenvalue weighted by Crippen LogP contribution is 2.21. The Hall–Kier alpha value is -3.28. The number of thiazole rings is 2. The Morgan fingerprint density at radius 2 is 2.00 bits per heavy atom. The van der Waals surface area contributed by atoms with Crippen LogP contribution in [0.1, 0.15) is 20.7 Å². The van der Waals surface area contributed by atoms with Crippen molar-refractivity contribution in [2.75, 3.05) is 7.11 Å². The summed E-state index contributed by atoms with van der Waals surface area (Å²) in [6, 6.07) is 10.5. The summed E-state index contributed by atoms with van der Waals surface area (Å²) in [7, 11) is 1.33. The Morgan fingerprint density at radius 3 is 2.79 bits per heavy atom. The van der Waals surface area contributed by atoms with Crippen LogP contribution < -0.4 is 4.80 Å². The molecule has 8 heteroatoms. The quantitative estimate of drug-likeness (QED) is 0.385. The maximum Gasteiger partial charge on any atom is 0.337 e. The molecule has 0 N–H and O–H groups in total. The van der Waals surface area contributed by atoms with Gasteiger partial charge in [-0.1, -0.05) is 17.3 Å². The van der Waals surface area contributed by atoms with Crippen LogP contribution >= 0.6 is 22.7 Å². The third-order valence-corrected chi connectivity index (χ3v) is 5.96. The minimum absolute atomic E-state index is 0.261. The molecule has 0 aliphatic heterocycles. The van der Waals surface area contributed by atoms with E-state index in [9.17, 15) is 9.59 Å². The maximum atomic E-state index is 12.7. The van der Waals surface area contributed by atoms with Crippen molar-refractivity contribution in [3.63, 3.8) is 0 Å². The fourth-order valence-corrected chi connectivity index (χ4v) is 4.57. The van der Waals surface area contributed by atoms with Crippen LogP contribution in [0.5, 0.6) is 0 Å². The molecule has 6 nitrogen and oxygen atoms in total. The largest absolute Gasteiger partial charge is 0.465 e. The summed E-state index contributed by atoms with van der Waals surface area (Å²) < 4.78 is 8.27. The lowest BCUT2D eigenvalue weighted by atomic mass is 10.2. The Bertz CT molecular complexity index is 1340. The zero-order valence-corrected chi connectivity index (χ0v) is 16.3. The van der Waals surface area contributed by atoms with Gasteiger partial charge >= 0.3 is 5.97 Å². The summed E-state index contributed by atoms with van der Waals surface area (Å²) in [6.07, 6.45) is 5.50. The van der Waals surface area contributed by atoms with Crippen molar-refractivity contribution in [1.29, 1.82) is 0 Å². The number of rotatable bonds is 3. The van der Waals surface area contributed by atoms with Crippen molar-refractivity contribution in [2.24, 2.45) is 4.99 Å². The summed E-state index contributed by atoms with van der Waals surface area (Å²) in [5, 5.41) is 0. The first kappa shape index (κ1) is 18.1. The predicted octanol–water partition coefficient (Wildman–Crippen LogP) is 3.47. The standard InChI is InChI=1S/C20H13N3O3S2/c1-3-8-23-15-7-5-13(19(25)26-2)10-17(15)28-20(23)22-18(24)12-4-6-14-16(9-12)27-11-21-14/h1,4-7,9-11H,8H2,2H3. The number of terminal acetylenes is 1. The number of fused-ring (bicyclic) bond motifs is 2. The smallest absolute Gasteiger partial charge is 0.337 e. The monoisotopic (exact) mass is 407 g/mol. The summed E-state index contributed by atoms with van der Waals surface area (Å²) in [5.41, 5.74) is 4.30. The molecule has 138 valence electrons. The van der Waals surface area contributed by atoms with Crippen molar-refractivity contribution in [3.05, 3.63) is 57.8 Å². The summed E-state index contributed by atoms with van der Waals surface area (Å²) >= 11 is 2.77. The van der Waals surface area contributed by atoms with Gasteiger partial charge in [0.05, 0.1) is 45.2 Å². The number of hydrogen-bond acceptors (Lipinski definition) is 6. The molecule has 2 heterocycles. The second-order valence-electron chi connectivity index (χ2n) is 5.80. The first-order valence-corrected chi connectivity index (χ1v) is 9.88. The van der Waals surface area contributed by atoms with Gasteiger partial charge in [0.25, 0.3) is 5.91 Å². The normalized spacial score (nSPS) is 11.6. The molecule has 0 spiro atoms. The number of methoxy groups -OCH3 is 1. The van der Waals surface area contributed by atoms with Crippen molar-refractivity contribution in [3.8, 4) is 12.3 Å². The SMILES string of the molecule is C#CCn1c(=NC(=O)c2ccc3ncsc3c2)sc2cc(C(=O)OC)ccc21. The highest BCUT2D eigenvalue weighted by molar-refractivity contribution is 7.17. The van der Waals surface area contributed by atoms with Crippen molar-refractivity contribution < 1.29 is 14.3 Å². The number of carbonyl (C=O) groups is 2. The van der Waals surface area contributed by atoms with E-state index in [0.29, 0.717) is 15.9 Å².